The van der Waals surface area contributed by atoms with E-state index in [1.165, 1.54) is 24.0 Å². The number of morpholine rings is 1. The van der Waals surface area contributed by atoms with E-state index in [2.05, 4.69) is 35.5 Å². The number of amides is 1. The molecule has 4 nitrogen and oxygen atoms in total. The number of nitrogens with zero attached hydrogens (tertiary/aromatic N) is 1. The van der Waals surface area contributed by atoms with Gasteiger partial charge >= 0.3 is 0 Å². The van der Waals surface area contributed by atoms with E-state index in [0.29, 0.717) is 13.0 Å². The molecule has 0 bridgehead atoms. The number of aryl methyl sites for hydroxylation is 2. The number of carbonyl (C=O) groups excluding carboxylic acids is 1. The summed E-state index contributed by atoms with van der Waals surface area (Å²) in [5, 5.41) is 3.00. The lowest BCUT2D eigenvalue weighted by Gasteiger charge is -2.30. The molecule has 1 amide bonds. The normalized spacial score (nSPS) is 22.0. The SMILES string of the molecule is CN1CCO[C@H](CNC(=O)Cc2ccc3c(c2)CCC3)C1. The van der Waals surface area contributed by atoms with E-state index in [1.54, 1.807) is 0 Å². The molecule has 1 atom stereocenters. The lowest BCUT2D eigenvalue weighted by Crippen LogP contribution is -2.46. The predicted molar refractivity (Wildman–Crippen MR) is 82.4 cm³/mol. The molecule has 1 saturated heterocycles. The minimum Gasteiger partial charge on any atom is -0.374 e. The first-order valence-electron chi connectivity index (χ1n) is 7.88. The van der Waals surface area contributed by atoms with Gasteiger partial charge in [0.15, 0.2) is 0 Å². The van der Waals surface area contributed by atoms with E-state index in [-0.39, 0.29) is 12.0 Å². The third-order valence-corrected chi connectivity index (χ3v) is 4.40. The maximum atomic E-state index is 12.1. The summed E-state index contributed by atoms with van der Waals surface area (Å²) in [6.07, 6.45) is 4.18. The first kappa shape index (κ1) is 14.5. The van der Waals surface area contributed by atoms with Crippen molar-refractivity contribution < 1.29 is 9.53 Å². The van der Waals surface area contributed by atoms with Gasteiger partial charge in [-0.05, 0) is 43.0 Å². The molecule has 1 fully saturated rings. The molecule has 0 saturated carbocycles. The summed E-state index contributed by atoms with van der Waals surface area (Å²) < 4.78 is 5.65. The van der Waals surface area contributed by atoms with Gasteiger partial charge < -0.3 is 15.0 Å². The molecule has 2 aliphatic rings. The Balaban J connectivity index is 1.48. The van der Waals surface area contributed by atoms with Crippen molar-refractivity contribution in [2.24, 2.45) is 0 Å². The van der Waals surface area contributed by atoms with Gasteiger partial charge in [0.05, 0.1) is 19.1 Å². The number of rotatable bonds is 4. The molecule has 1 aliphatic carbocycles. The largest absolute Gasteiger partial charge is 0.374 e. The first-order valence-corrected chi connectivity index (χ1v) is 7.88. The molecule has 1 heterocycles. The van der Waals surface area contributed by atoms with Crippen LogP contribution in [0.5, 0.6) is 0 Å². The van der Waals surface area contributed by atoms with E-state index in [1.807, 2.05) is 0 Å². The van der Waals surface area contributed by atoms with Crippen LogP contribution in [0.4, 0.5) is 0 Å². The summed E-state index contributed by atoms with van der Waals surface area (Å²) in [7, 11) is 2.09. The molecule has 0 aromatic heterocycles. The zero-order valence-electron chi connectivity index (χ0n) is 12.7. The number of benzene rings is 1. The Kier molecular flexibility index (Phi) is 4.56. The molecule has 1 aromatic carbocycles. The highest BCUT2D eigenvalue weighted by Gasteiger charge is 2.18. The molecule has 3 rings (SSSR count). The fourth-order valence-corrected chi connectivity index (χ4v) is 3.20. The zero-order valence-corrected chi connectivity index (χ0v) is 12.7. The minimum absolute atomic E-state index is 0.0878. The standard InChI is InChI=1S/C17H24N2O2/c1-19-7-8-21-16(12-19)11-18-17(20)10-13-5-6-14-3-2-4-15(14)9-13/h5-6,9,16H,2-4,7-8,10-12H2,1H3,(H,18,20)/t16-/m1/s1. The van der Waals surface area contributed by atoms with Gasteiger partial charge in [0, 0.05) is 19.6 Å². The van der Waals surface area contributed by atoms with E-state index in [9.17, 15) is 4.79 Å². The van der Waals surface area contributed by atoms with Crippen LogP contribution in [0, 0.1) is 0 Å². The van der Waals surface area contributed by atoms with E-state index in [0.717, 1.165) is 31.7 Å². The summed E-state index contributed by atoms with van der Waals surface area (Å²) in [5.41, 5.74) is 4.00. The fourth-order valence-electron chi connectivity index (χ4n) is 3.20. The van der Waals surface area contributed by atoms with Gasteiger partial charge in [0.2, 0.25) is 5.91 Å². The zero-order chi connectivity index (χ0) is 14.7. The van der Waals surface area contributed by atoms with Crippen LogP contribution in [-0.4, -0.2) is 50.2 Å². The molecular formula is C17H24N2O2. The molecule has 1 aromatic rings. The maximum absolute atomic E-state index is 12.1. The van der Waals surface area contributed by atoms with Gasteiger partial charge in [0.25, 0.3) is 0 Å². The van der Waals surface area contributed by atoms with E-state index in [4.69, 9.17) is 4.74 Å². The lowest BCUT2D eigenvalue weighted by atomic mass is 10.0. The number of hydrogen-bond acceptors (Lipinski definition) is 3. The van der Waals surface area contributed by atoms with Crippen molar-refractivity contribution >= 4 is 5.91 Å². The quantitative estimate of drug-likeness (QED) is 0.904. The third kappa shape index (κ3) is 3.83. The Morgan fingerprint density at radius 3 is 3.10 bits per heavy atom. The highest BCUT2D eigenvalue weighted by Crippen LogP contribution is 2.22. The number of hydrogen-bond donors (Lipinski definition) is 1. The average Bonchev–Trinajstić information content (AvgIpc) is 2.93. The lowest BCUT2D eigenvalue weighted by molar-refractivity contribution is -0.121. The summed E-state index contributed by atoms with van der Waals surface area (Å²) in [5.74, 6) is 0.0878. The Bertz CT molecular complexity index is 516. The maximum Gasteiger partial charge on any atom is 0.224 e. The number of ether oxygens (including phenoxy) is 1. The van der Waals surface area contributed by atoms with Crippen LogP contribution in [0.3, 0.4) is 0 Å². The van der Waals surface area contributed by atoms with E-state index >= 15 is 0 Å². The Labute approximate surface area is 126 Å². The average molecular weight is 288 g/mol. The molecule has 0 spiro atoms. The number of likely N-dealkylation sites (N-methyl/N-ethyl adjacent to an activating group) is 1. The smallest absolute Gasteiger partial charge is 0.224 e. The van der Waals surface area contributed by atoms with Crippen LogP contribution >= 0.6 is 0 Å². The molecular weight excluding hydrogens is 264 g/mol. The second-order valence-corrected chi connectivity index (χ2v) is 6.19. The summed E-state index contributed by atoms with van der Waals surface area (Å²) in [6.45, 7) is 3.22. The number of carbonyl (C=O) groups is 1. The molecule has 0 radical (unpaired) electrons. The molecule has 1 aliphatic heterocycles. The van der Waals surface area contributed by atoms with Crippen LogP contribution in [0.1, 0.15) is 23.1 Å². The Morgan fingerprint density at radius 1 is 1.38 bits per heavy atom. The van der Waals surface area contributed by atoms with Crippen molar-refractivity contribution in [3.05, 3.63) is 34.9 Å². The van der Waals surface area contributed by atoms with Crippen LogP contribution in [0.2, 0.25) is 0 Å². The van der Waals surface area contributed by atoms with Gasteiger partial charge in [-0.3, -0.25) is 4.79 Å². The second kappa shape index (κ2) is 6.58. The van der Waals surface area contributed by atoms with Crippen molar-refractivity contribution in [3.63, 3.8) is 0 Å². The summed E-state index contributed by atoms with van der Waals surface area (Å²) >= 11 is 0. The summed E-state index contributed by atoms with van der Waals surface area (Å²) in [4.78, 5) is 14.3. The number of nitrogens with one attached hydrogen (secondary N) is 1. The minimum atomic E-state index is 0.0878. The van der Waals surface area contributed by atoms with Gasteiger partial charge in [0.1, 0.15) is 0 Å². The third-order valence-electron chi connectivity index (χ3n) is 4.40. The highest BCUT2D eigenvalue weighted by atomic mass is 16.5. The fraction of sp³-hybridized carbons (Fsp3) is 0.588. The van der Waals surface area contributed by atoms with E-state index < -0.39 is 0 Å². The predicted octanol–water partition coefficient (Wildman–Crippen LogP) is 1.16. The van der Waals surface area contributed by atoms with Gasteiger partial charge in [-0.2, -0.15) is 0 Å². The van der Waals surface area contributed by atoms with Crippen molar-refractivity contribution in [2.75, 3.05) is 33.3 Å². The van der Waals surface area contributed by atoms with Crippen LogP contribution in [0.25, 0.3) is 0 Å². The van der Waals surface area contributed by atoms with Crippen LogP contribution in [0.15, 0.2) is 18.2 Å². The molecule has 21 heavy (non-hydrogen) atoms. The number of fused-ring (bicyclic) bond motifs is 1. The van der Waals surface area contributed by atoms with Crippen LogP contribution < -0.4 is 5.32 Å². The first-order chi connectivity index (χ1) is 10.2. The second-order valence-electron chi connectivity index (χ2n) is 6.19. The monoisotopic (exact) mass is 288 g/mol. The van der Waals surface area contributed by atoms with Gasteiger partial charge in [-0.25, -0.2) is 0 Å². The van der Waals surface area contributed by atoms with Crippen molar-refractivity contribution in [1.82, 2.24) is 10.2 Å². The molecule has 4 heteroatoms. The Morgan fingerprint density at radius 2 is 2.24 bits per heavy atom. The van der Waals surface area contributed by atoms with Crippen LogP contribution in [-0.2, 0) is 28.8 Å². The van der Waals surface area contributed by atoms with Gasteiger partial charge in [-0.1, -0.05) is 18.2 Å². The topological polar surface area (TPSA) is 41.6 Å². The Hall–Kier alpha value is -1.39. The summed E-state index contributed by atoms with van der Waals surface area (Å²) in [6, 6.07) is 6.48. The molecule has 114 valence electrons. The molecule has 0 unspecified atom stereocenters. The van der Waals surface area contributed by atoms with Crippen molar-refractivity contribution in [2.45, 2.75) is 31.8 Å². The highest BCUT2D eigenvalue weighted by molar-refractivity contribution is 5.78. The van der Waals surface area contributed by atoms with Gasteiger partial charge in [-0.15, -0.1) is 0 Å². The van der Waals surface area contributed by atoms with Crippen molar-refractivity contribution in [1.29, 1.82) is 0 Å². The molecule has 1 N–H and O–H groups in total. The van der Waals surface area contributed by atoms with Crippen molar-refractivity contribution in [3.8, 4) is 0 Å².